The molecule has 3 rings (SSSR count). The summed E-state index contributed by atoms with van der Waals surface area (Å²) < 4.78 is 2.22. The smallest absolute Gasteiger partial charge is 0.0550 e. The summed E-state index contributed by atoms with van der Waals surface area (Å²) in [5.74, 6) is 1.88. The highest BCUT2D eigenvalue weighted by Crippen LogP contribution is 2.50. The van der Waals surface area contributed by atoms with E-state index < -0.39 is 0 Å². The number of rotatable bonds is 4. The van der Waals surface area contributed by atoms with Gasteiger partial charge in [0.15, 0.2) is 0 Å². The van der Waals surface area contributed by atoms with E-state index in [1.165, 1.54) is 31.2 Å². The maximum absolute atomic E-state index is 5.99. The highest BCUT2D eigenvalue weighted by molar-refractivity contribution is 5.08. The molecule has 0 aromatic carbocycles. The van der Waals surface area contributed by atoms with Gasteiger partial charge in [0.2, 0.25) is 0 Å². The Hall–Kier alpha value is -0.830. The molecule has 2 aliphatic carbocycles. The molecular weight excluding hydrogens is 210 g/mol. The van der Waals surface area contributed by atoms with Crippen LogP contribution in [0.4, 0.5) is 0 Å². The number of hydrogen-bond acceptors (Lipinski definition) is 2. The van der Waals surface area contributed by atoms with Gasteiger partial charge >= 0.3 is 0 Å². The summed E-state index contributed by atoms with van der Waals surface area (Å²) in [6.07, 6.45) is 11.9. The molecule has 2 saturated carbocycles. The van der Waals surface area contributed by atoms with Crippen LogP contribution in [0.3, 0.4) is 0 Å². The zero-order valence-corrected chi connectivity index (χ0v) is 10.7. The van der Waals surface area contributed by atoms with Crippen LogP contribution in [0.25, 0.3) is 0 Å². The van der Waals surface area contributed by atoms with Crippen molar-refractivity contribution in [3.63, 3.8) is 0 Å². The van der Waals surface area contributed by atoms with Gasteiger partial charge in [0.1, 0.15) is 0 Å². The minimum absolute atomic E-state index is 0.285. The number of nitrogens with zero attached hydrogens (tertiary/aromatic N) is 2. The fraction of sp³-hybridized carbons (Fsp3) is 0.786. The van der Waals surface area contributed by atoms with Crippen LogP contribution in [-0.2, 0) is 6.42 Å². The Morgan fingerprint density at radius 2 is 2.35 bits per heavy atom. The normalized spacial score (nSPS) is 33.2. The Morgan fingerprint density at radius 1 is 1.47 bits per heavy atom. The van der Waals surface area contributed by atoms with E-state index in [1.807, 2.05) is 6.20 Å². The first-order chi connectivity index (χ1) is 8.26. The highest BCUT2D eigenvalue weighted by Gasteiger charge is 2.40. The first-order valence-corrected chi connectivity index (χ1v) is 7.05. The molecule has 2 aliphatic rings. The molecule has 2 N–H and O–H groups in total. The molecule has 0 radical (unpaired) electrons. The van der Waals surface area contributed by atoms with Crippen LogP contribution >= 0.6 is 0 Å². The molecule has 4 atom stereocenters. The summed E-state index contributed by atoms with van der Waals surface area (Å²) in [7, 11) is 0. The third kappa shape index (κ3) is 2.13. The highest BCUT2D eigenvalue weighted by atomic mass is 15.3. The maximum atomic E-state index is 5.99. The van der Waals surface area contributed by atoms with Crippen LogP contribution in [-0.4, -0.2) is 15.8 Å². The zero-order valence-electron chi connectivity index (χ0n) is 10.7. The Kier molecular flexibility index (Phi) is 2.95. The quantitative estimate of drug-likeness (QED) is 0.868. The minimum atomic E-state index is 0.285. The van der Waals surface area contributed by atoms with E-state index in [0.717, 1.165) is 24.7 Å². The summed E-state index contributed by atoms with van der Waals surface area (Å²) >= 11 is 0. The monoisotopic (exact) mass is 233 g/mol. The van der Waals surface area contributed by atoms with E-state index in [9.17, 15) is 0 Å². The molecule has 1 aromatic heterocycles. The van der Waals surface area contributed by atoms with Crippen LogP contribution in [0.5, 0.6) is 0 Å². The first kappa shape index (κ1) is 11.3. The summed E-state index contributed by atoms with van der Waals surface area (Å²) in [6.45, 7) is 2.14. The van der Waals surface area contributed by atoms with Gasteiger partial charge in [-0.25, -0.2) is 0 Å². The van der Waals surface area contributed by atoms with Crippen molar-refractivity contribution in [3.8, 4) is 0 Å². The second kappa shape index (κ2) is 4.45. The first-order valence-electron chi connectivity index (χ1n) is 7.05. The van der Waals surface area contributed by atoms with Gasteiger partial charge < -0.3 is 5.73 Å². The predicted octanol–water partition coefficient (Wildman–Crippen LogP) is 2.52. The van der Waals surface area contributed by atoms with E-state index in [-0.39, 0.29) is 6.04 Å². The van der Waals surface area contributed by atoms with Crippen molar-refractivity contribution in [1.82, 2.24) is 9.78 Å². The second-order valence-corrected chi connectivity index (χ2v) is 5.94. The van der Waals surface area contributed by atoms with Gasteiger partial charge in [0.25, 0.3) is 0 Å². The van der Waals surface area contributed by atoms with Gasteiger partial charge in [-0.2, -0.15) is 5.10 Å². The van der Waals surface area contributed by atoms with E-state index in [4.69, 9.17) is 5.73 Å². The van der Waals surface area contributed by atoms with Crippen molar-refractivity contribution in [2.75, 3.05) is 0 Å². The minimum Gasteiger partial charge on any atom is -0.327 e. The Bertz CT molecular complexity index is 385. The van der Waals surface area contributed by atoms with E-state index in [1.54, 1.807) is 0 Å². The summed E-state index contributed by atoms with van der Waals surface area (Å²) in [5.41, 5.74) is 7.30. The van der Waals surface area contributed by atoms with Gasteiger partial charge in [0.05, 0.1) is 12.2 Å². The van der Waals surface area contributed by atoms with Crippen LogP contribution in [0, 0.1) is 11.8 Å². The van der Waals surface area contributed by atoms with Crippen LogP contribution < -0.4 is 5.73 Å². The largest absolute Gasteiger partial charge is 0.327 e. The van der Waals surface area contributed by atoms with Gasteiger partial charge in [-0.15, -0.1) is 0 Å². The number of nitrogens with two attached hydrogens (primary N) is 1. The molecule has 1 aromatic rings. The lowest BCUT2D eigenvalue weighted by Gasteiger charge is -2.21. The van der Waals surface area contributed by atoms with Gasteiger partial charge in [-0.1, -0.05) is 13.3 Å². The average Bonchev–Trinajstić information content (AvgIpc) is 3.03. The van der Waals surface area contributed by atoms with E-state index in [0.29, 0.717) is 6.04 Å². The number of fused-ring (bicyclic) bond motifs is 2. The molecule has 2 bridgehead atoms. The summed E-state index contributed by atoms with van der Waals surface area (Å²) in [6, 6.07) is 0.966. The molecule has 4 unspecified atom stereocenters. The third-order valence-electron chi connectivity index (χ3n) is 4.72. The Balaban J connectivity index is 1.68. The van der Waals surface area contributed by atoms with Crippen molar-refractivity contribution in [3.05, 3.63) is 18.0 Å². The maximum Gasteiger partial charge on any atom is 0.0550 e. The SMILES string of the molecule is CCC(N)Cc1cnn(C2CC3CCC2C3)c1. The number of aromatic nitrogens is 2. The van der Waals surface area contributed by atoms with Gasteiger partial charge in [0, 0.05) is 12.2 Å². The lowest BCUT2D eigenvalue weighted by atomic mass is 9.95. The molecular formula is C14H23N3. The van der Waals surface area contributed by atoms with Crippen molar-refractivity contribution < 1.29 is 0 Å². The molecule has 1 heterocycles. The second-order valence-electron chi connectivity index (χ2n) is 5.94. The fourth-order valence-corrected chi connectivity index (χ4v) is 3.65. The summed E-state index contributed by atoms with van der Waals surface area (Å²) in [5, 5.41) is 4.57. The average molecular weight is 233 g/mol. The van der Waals surface area contributed by atoms with Crippen LogP contribution in [0.2, 0.25) is 0 Å². The van der Waals surface area contributed by atoms with Crippen LogP contribution in [0.15, 0.2) is 12.4 Å². The molecule has 3 nitrogen and oxygen atoms in total. The van der Waals surface area contributed by atoms with Crippen LogP contribution in [0.1, 0.15) is 50.6 Å². The Morgan fingerprint density at radius 3 is 3.00 bits per heavy atom. The van der Waals surface area contributed by atoms with Crippen molar-refractivity contribution in [2.45, 2.75) is 57.5 Å². The molecule has 0 spiro atoms. The number of hydrogen-bond donors (Lipinski definition) is 1. The van der Waals surface area contributed by atoms with E-state index >= 15 is 0 Å². The fourth-order valence-electron chi connectivity index (χ4n) is 3.65. The standard InChI is InChI=1S/C14H23N3/c1-2-13(15)6-11-8-16-17(9-11)14-7-10-3-4-12(14)5-10/h8-10,12-14H,2-7,15H2,1H3. The molecule has 0 aliphatic heterocycles. The molecule has 0 amide bonds. The lowest BCUT2D eigenvalue weighted by Crippen LogP contribution is -2.21. The predicted molar refractivity (Wildman–Crippen MR) is 68.7 cm³/mol. The van der Waals surface area contributed by atoms with Gasteiger partial charge in [-0.3, -0.25) is 4.68 Å². The molecule has 2 fully saturated rings. The van der Waals surface area contributed by atoms with Gasteiger partial charge in [-0.05, 0) is 49.5 Å². The molecule has 94 valence electrons. The Labute approximate surface area is 103 Å². The van der Waals surface area contributed by atoms with E-state index in [2.05, 4.69) is 22.9 Å². The molecule has 17 heavy (non-hydrogen) atoms. The molecule has 0 saturated heterocycles. The zero-order chi connectivity index (χ0) is 11.8. The summed E-state index contributed by atoms with van der Waals surface area (Å²) in [4.78, 5) is 0. The lowest BCUT2D eigenvalue weighted by molar-refractivity contribution is 0.306. The third-order valence-corrected chi connectivity index (χ3v) is 4.72. The van der Waals surface area contributed by atoms with Crippen molar-refractivity contribution in [1.29, 1.82) is 0 Å². The van der Waals surface area contributed by atoms with Crippen molar-refractivity contribution in [2.24, 2.45) is 17.6 Å². The van der Waals surface area contributed by atoms with Crippen molar-refractivity contribution >= 4 is 0 Å². The topological polar surface area (TPSA) is 43.8 Å². The molecule has 3 heteroatoms.